The van der Waals surface area contributed by atoms with Gasteiger partial charge >= 0.3 is 5.97 Å². The van der Waals surface area contributed by atoms with Crippen LogP contribution < -0.4 is 15.0 Å². The molecule has 1 aliphatic carbocycles. The van der Waals surface area contributed by atoms with Gasteiger partial charge in [-0.15, -0.1) is 0 Å². The molecule has 0 saturated heterocycles. The van der Waals surface area contributed by atoms with Crippen LogP contribution in [0.5, 0.6) is 5.75 Å². The van der Waals surface area contributed by atoms with E-state index in [0.29, 0.717) is 30.4 Å². The molecule has 1 aliphatic heterocycles. The fraction of sp³-hybridized carbons (Fsp3) is 0.333. The van der Waals surface area contributed by atoms with Crippen molar-refractivity contribution in [2.45, 2.75) is 51.9 Å². The molecule has 2 aliphatic rings. The number of nitrogens with zero attached hydrogens (tertiary/aromatic N) is 1. The molecule has 0 fully saturated rings. The van der Waals surface area contributed by atoms with Crippen molar-refractivity contribution in [2.75, 3.05) is 31.7 Å². The molecule has 0 bridgehead atoms. The van der Waals surface area contributed by atoms with E-state index in [1.54, 1.807) is 7.11 Å². The lowest BCUT2D eigenvalue weighted by Crippen LogP contribution is -2.36. The summed E-state index contributed by atoms with van der Waals surface area (Å²) in [4.78, 5) is 29.9. The Bertz CT molecular complexity index is 1470. The van der Waals surface area contributed by atoms with Crippen LogP contribution >= 0.6 is 0 Å². The van der Waals surface area contributed by atoms with E-state index >= 15 is 0 Å². The van der Waals surface area contributed by atoms with E-state index < -0.39 is 5.92 Å². The number of rotatable bonds is 10. The number of carbonyl (C=O) groups is 2. The molecule has 1 N–H and O–H groups in total. The summed E-state index contributed by atoms with van der Waals surface area (Å²) in [6.07, 6.45) is 1.71. The molecule has 2 atom stereocenters. The number of methoxy groups -OCH3 is 1. The monoisotopic (exact) mass is 564 g/mol. The molecule has 1 heterocycles. The first kappa shape index (κ1) is 29.2. The number of esters is 1. The number of benzene rings is 3. The molecule has 0 amide bonds. The molecule has 0 aromatic heterocycles. The van der Waals surface area contributed by atoms with Crippen LogP contribution in [0.1, 0.15) is 62.1 Å². The molecule has 218 valence electrons. The highest BCUT2D eigenvalue weighted by atomic mass is 16.5. The normalized spacial score (nSPS) is 18.3. The molecule has 0 radical (unpaired) electrons. The van der Waals surface area contributed by atoms with Gasteiger partial charge in [0.25, 0.3) is 0 Å². The quantitative estimate of drug-likeness (QED) is 0.277. The molecular weight excluding hydrogens is 524 g/mol. The van der Waals surface area contributed by atoms with Crippen molar-refractivity contribution in [3.63, 3.8) is 0 Å². The average Bonchev–Trinajstić information content (AvgIpc) is 3.01. The Labute approximate surface area is 249 Å². The van der Waals surface area contributed by atoms with Gasteiger partial charge in [-0.05, 0) is 74.1 Å². The summed E-state index contributed by atoms with van der Waals surface area (Å²) in [6, 6.07) is 26.2. The largest absolute Gasteiger partial charge is 0.497 e. The first-order chi connectivity index (χ1) is 20.4. The van der Waals surface area contributed by atoms with Gasteiger partial charge in [-0.2, -0.15) is 0 Å². The Hall–Kier alpha value is -4.32. The molecule has 5 rings (SSSR count). The van der Waals surface area contributed by atoms with E-state index in [9.17, 15) is 9.59 Å². The lowest BCUT2D eigenvalue weighted by Gasteiger charge is -2.37. The zero-order valence-corrected chi connectivity index (χ0v) is 25.0. The smallest absolute Gasteiger partial charge is 0.336 e. The van der Waals surface area contributed by atoms with Crippen LogP contribution in [0.4, 0.5) is 5.69 Å². The van der Waals surface area contributed by atoms with Crippen LogP contribution in [0.2, 0.25) is 0 Å². The molecule has 42 heavy (non-hydrogen) atoms. The Morgan fingerprint density at radius 2 is 1.57 bits per heavy atom. The number of nitrogens with one attached hydrogen (secondary N) is 1. The molecule has 6 heteroatoms. The standard InChI is InChI=1S/C36H40N2O4/c1-5-38(6-2)29-16-12-27(13-17-29)34-33(36(40)42-21-20-25-10-8-7-9-11-25)24(3)37-31-22-28(23-32(39)35(31)34)26-14-18-30(41-4)19-15-26/h7-19,28,34,37H,5-6,20-23H2,1-4H3/t28-,34-/m1/s1. The van der Waals surface area contributed by atoms with E-state index in [1.165, 1.54) is 0 Å². The van der Waals surface area contributed by atoms with Gasteiger partial charge in [0, 0.05) is 54.5 Å². The first-order valence-electron chi connectivity index (χ1n) is 14.9. The maximum atomic E-state index is 14.0. The molecule has 3 aromatic rings. The number of hydrogen-bond acceptors (Lipinski definition) is 6. The van der Waals surface area contributed by atoms with Crippen molar-refractivity contribution in [2.24, 2.45) is 0 Å². The number of ketones is 1. The van der Waals surface area contributed by atoms with E-state index in [4.69, 9.17) is 9.47 Å². The van der Waals surface area contributed by atoms with Gasteiger partial charge in [0.1, 0.15) is 5.75 Å². The van der Waals surface area contributed by atoms with E-state index in [1.807, 2.05) is 61.5 Å². The highest BCUT2D eigenvalue weighted by Crippen LogP contribution is 2.46. The Balaban J connectivity index is 1.47. The Morgan fingerprint density at radius 3 is 2.21 bits per heavy atom. The predicted octanol–water partition coefficient (Wildman–Crippen LogP) is 6.69. The first-order valence-corrected chi connectivity index (χ1v) is 14.9. The summed E-state index contributed by atoms with van der Waals surface area (Å²) < 4.78 is 11.2. The summed E-state index contributed by atoms with van der Waals surface area (Å²) in [5.74, 6) is 0.0296. The third-order valence-electron chi connectivity index (χ3n) is 8.46. The zero-order chi connectivity index (χ0) is 29.6. The van der Waals surface area contributed by atoms with Gasteiger partial charge in [0.05, 0.1) is 19.3 Å². The number of ether oxygens (including phenoxy) is 2. The van der Waals surface area contributed by atoms with Gasteiger partial charge in [0.2, 0.25) is 0 Å². The number of allylic oxidation sites excluding steroid dienone is 3. The van der Waals surface area contributed by atoms with Crippen molar-refractivity contribution in [1.82, 2.24) is 5.32 Å². The maximum absolute atomic E-state index is 14.0. The number of carbonyl (C=O) groups excluding carboxylic acids is 2. The molecule has 0 unspecified atom stereocenters. The number of hydrogen-bond donors (Lipinski definition) is 1. The second kappa shape index (κ2) is 13.1. The average molecular weight is 565 g/mol. The highest BCUT2D eigenvalue weighted by Gasteiger charge is 2.41. The predicted molar refractivity (Wildman–Crippen MR) is 167 cm³/mol. The van der Waals surface area contributed by atoms with Crippen LogP contribution in [0, 0.1) is 0 Å². The van der Waals surface area contributed by atoms with Gasteiger partial charge in [-0.1, -0.05) is 54.6 Å². The van der Waals surface area contributed by atoms with Crippen molar-refractivity contribution in [1.29, 1.82) is 0 Å². The fourth-order valence-electron chi connectivity index (χ4n) is 6.21. The lowest BCUT2D eigenvalue weighted by atomic mass is 9.71. The highest BCUT2D eigenvalue weighted by molar-refractivity contribution is 6.04. The number of dihydropyridines is 1. The van der Waals surface area contributed by atoms with Crippen LogP contribution in [-0.4, -0.2) is 38.6 Å². The minimum atomic E-state index is -0.486. The summed E-state index contributed by atoms with van der Waals surface area (Å²) in [6.45, 7) is 8.26. The molecule has 3 aromatic carbocycles. The van der Waals surface area contributed by atoms with Crippen molar-refractivity contribution in [3.8, 4) is 5.75 Å². The summed E-state index contributed by atoms with van der Waals surface area (Å²) in [5.41, 5.74) is 7.07. The number of Topliss-reactive ketones (excluding diaryl/α,β-unsaturated/α-hetero) is 1. The fourth-order valence-corrected chi connectivity index (χ4v) is 6.21. The van der Waals surface area contributed by atoms with Gasteiger partial charge in [-0.25, -0.2) is 4.79 Å². The van der Waals surface area contributed by atoms with Crippen LogP contribution in [0.25, 0.3) is 0 Å². The molecule has 0 spiro atoms. The van der Waals surface area contributed by atoms with Crippen LogP contribution in [0.15, 0.2) is 101 Å². The van der Waals surface area contributed by atoms with Crippen molar-refractivity contribution >= 4 is 17.4 Å². The van der Waals surface area contributed by atoms with Gasteiger partial charge in [-0.3, -0.25) is 4.79 Å². The maximum Gasteiger partial charge on any atom is 0.336 e. The van der Waals surface area contributed by atoms with E-state index in [0.717, 1.165) is 52.6 Å². The van der Waals surface area contributed by atoms with Crippen LogP contribution in [-0.2, 0) is 20.7 Å². The third-order valence-corrected chi connectivity index (χ3v) is 8.46. The minimum absolute atomic E-state index is 0.0486. The van der Waals surface area contributed by atoms with Crippen LogP contribution in [0.3, 0.4) is 0 Å². The Kier molecular flexibility index (Phi) is 9.11. The SMILES string of the molecule is CCN(CC)c1ccc([C@@H]2C(C(=O)OCCc3ccccc3)=C(C)NC3=C2C(=O)C[C@H](c2ccc(OC)cc2)C3)cc1. The van der Waals surface area contributed by atoms with E-state index in [2.05, 4.69) is 48.3 Å². The number of anilines is 1. The summed E-state index contributed by atoms with van der Waals surface area (Å²) in [7, 11) is 1.65. The van der Waals surface area contributed by atoms with E-state index in [-0.39, 0.29) is 24.3 Å². The van der Waals surface area contributed by atoms with Crippen molar-refractivity contribution in [3.05, 3.63) is 118 Å². The molecular formula is C36H40N2O4. The Morgan fingerprint density at radius 1 is 0.905 bits per heavy atom. The summed E-state index contributed by atoms with van der Waals surface area (Å²) >= 11 is 0. The third kappa shape index (κ3) is 6.13. The van der Waals surface area contributed by atoms with Gasteiger partial charge in [0.15, 0.2) is 5.78 Å². The van der Waals surface area contributed by atoms with Gasteiger partial charge < -0.3 is 19.7 Å². The summed E-state index contributed by atoms with van der Waals surface area (Å²) in [5, 5.41) is 3.46. The topological polar surface area (TPSA) is 67.9 Å². The van der Waals surface area contributed by atoms with Crippen molar-refractivity contribution < 1.29 is 19.1 Å². The second-order valence-electron chi connectivity index (χ2n) is 10.9. The minimum Gasteiger partial charge on any atom is -0.497 e. The lowest BCUT2D eigenvalue weighted by molar-refractivity contribution is -0.139. The molecule has 0 saturated carbocycles. The second-order valence-corrected chi connectivity index (χ2v) is 10.9. The molecule has 6 nitrogen and oxygen atoms in total. The zero-order valence-electron chi connectivity index (χ0n) is 25.0.